The Morgan fingerprint density at radius 1 is 1.38 bits per heavy atom. The lowest BCUT2D eigenvalue weighted by atomic mass is 9.60. The first-order valence-electron chi connectivity index (χ1n) is 5.60. The first kappa shape index (κ1) is 9.47. The fourth-order valence-corrected chi connectivity index (χ4v) is 2.94. The third-order valence-electron chi connectivity index (χ3n) is 3.90. The first-order valence-corrected chi connectivity index (χ1v) is 5.60. The molecule has 2 nitrogen and oxygen atoms in total. The summed E-state index contributed by atoms with van der Waals surface area (Å²) < 4.78 is 5.58. The molecule has 1 saturated heterocycles. The van der Waals surface area contributed by atoms with Crippen LogP contribution in [0.15, 0.2) is 0 Å². The number of hydrogen-bond acceptors (Lipinski definition) is 2. The first-order chi connectivity index (χ1) is 6.37. The third-order valence-corrected chi connectivity index (χ3v) is 3.90. The molecule has 1 aliphatic heterocycles. The Morgan fingerprint density at radius 3 is 2.69 bits per heavy atom. The van der Waals surface area contributed by atoms with Gasteiger partial charge in [0.05, 0.1) is 0 Å². The van der Waals surface area contributed by atoms with Crippen LogP contribution in [0.4, 0.5) is 0 Å². The molecule has 0 aromatic rings. The van der Waals surface area contributed by atoms with E-state index in [9.17, 15) is 0 Å². The molecule has 0 radical (unpaired) electrons. The van der Waals surface area contributed by atoms with Gasteiger partial charge in [0.2, 0.25) is 0 Å². The highest BCUT2D eigenvalue weighted by Gasteiger charge is 2.43. The Labute approximate surface area is 81.0 Å². The van der Waals surface area contributed by atoms with Gasteiger partial charge in [0.25, 0.3) is 0 Å². The SMILES string of the molecule is CNCC1(C2CCCOC2)CCC1. The lowest BCUT2D eigenvalue weighted by Crippen LogP contribution is -2.47. The van der Waals surface area contributed by atoms with Gasteiger partial charge in [-0.05, 0) is 44.1 Å². The van der Waals surface area contributed by atoms with Gasteiger partial charge in [-0.3, -0.25) is 0 Å². The van der Waals surface area contributed by atoms with Crippen LogP contribution < -0.4 is 5.32 Å². The van der Waals surface area contributed by atoms with Crippen LogP contribution in [0.5, 0.6) is 0 Å². The van der Waals surface area contributed by atoms with Gasteiger partial charge in [-0.15, -0.1) is 0 Å². The van der Waals surface area contributed by atoms with Crippen LogP contribution in [0, 0.1) is 11.3 Å². The van der Waals surface area contributed by atoms with Gasteiger partial charge in [0.15, 0.2) is 0 Å². The van der Waals surface area contributed by atoms with Crippen molar-refractivity contribution in [3.63, 3.8) is 0 Å². The maximum absolute atomic E-state index is 5.58. The molecule has 1 saturated carbocycles. The van der Waals surface area contributed by atoms with Crippen LogP contribution in [-0.4, -0.2) is 26.8 Å². The molecule has 2 aliphatic rings. The van der Waals surface area contributed by atoms with E-state index in [0.29, 0.717) is 5.41 Å². The number of hydrogen-bond donors (Lipinski definition) is 1. The molecular formula is C11H21NO. The molecule has 76 valence electrons. The largest absolute Gasteiger partial charge is 0.381 e. The highest BCUT2D eigenvalue weighted by atomic mass is 16.5. The van der Waals surface area contributed by atoms with Crippen molar-refractivity contribution in [2.24, 2.45) is 11.3 Å². The standard InChI is InChI=1S/C11H21NO/c1-12-9-11(5-3-6-11)10-4-2-7-13-8-10/h10,12H,2-9H2,1H3. The van der Waals surface area contributed by atoms with Crippen molar-refractivity contribution in [1.82, 2.24) is 5.32 Å². The molecule has 0 aromatic heterocycles. The van der Waals surface area contributed by atoms with Crippen molar-refractivity contribution in [1.29, 1.82) is 0 Å². The predicted molar refractivity (Wildman–Crippen MR) is 53.8 cm³/mol. The highest BCUT2D eigenvalue weighted by molar-refractivity contribution is 4.95. The fourth-order valence-electron chi connectivity index (χ4n) is 2.94. The van der Waals surface area contributed by atoms with Gasteiger partial charge >= 0.3 is 0 Å². The fraction of sp³-hybridized carbons (Fsp3) is 1.00. The van der Waals surface area contributed by atoms with Crippen LogP contribution in [0.3, 0.4) is 0 Å². The molecule has 1 atom stereocenters. The minimum atomic E-state index is 0.606. The second-order valence-electron chi connectivity index (χ2n) is 4.66. The van der Waals surface area contributed by atoms with E-state index in [2.05, 4.69) is 12.4 Å². The summed E-state index contributed by atoms with van der Waals surface area (Å²) in [6.45, 7) is 3.20. The summed E-state index contributed by atoms with van der Waals surface area (Å²) in [6.07, 6.45) is 6.93. The lowest BCUT2D eigenvalue weighted by Gasteiger charge is -2.49. The second kappa shape index (κ2) is 3.97. The smallest absolute Gasteiger partial charge is 0.0500 e. The van der Waals surface area contributed by atoms with Crippen molar-refractivity contribution in [2.45, 2.75) is 32.1 Å². The molecule has 2 heteroatoms. The van der Waals surface area contributed by atoms with Gasteiger partial charge in [0.1, 0.15) is 0 Å². The van der Waals surface area contributed by atoms with Crippen LogP contribution >= 0.6 is 0 Å². The topological polar surface area (TPSA) is 21.3 Å². The van der Waals surface area contributed by atoms with E-state index in [1.54, 1.807) is 0 Å². The molecule has 0 aromatic carbocycles. The summed E-state index contributed by atoms with van der Waals surface area (Å²) in [6, 6.07) is 0. The summed E-state index contributed by atoms with van der Waals surface area (Å²) in [5.41, 5.74) is 0.606. The van der Waals surface area contributed by atoms with Gasteiger partial charge in [-0.25, -0.2) is 0 Å². The van der Waals surface area contributed by atoms with Crippen LogP contribution in [-0.2, 0) is 4.74 Å². The Kier molecular flexibility index (Phi) is 2.89. The zero-order valence-corrected chi connectivity index (χ0v) is 8.64. The second-order valence-corrected chi connectivity index (χ2v) is 4.66. The molecule has 13 heavy (non-hydrogen) atoms. The molecule has 1 unspecified atom stereocenters. The van der Waals surface area contributed by atoms with Crippen LogP contribution in [0.2, 0.25) is 0 Å². The van der Waals surface area contributed by atoms with Crippen molar-refractivity contribution < 1.29 is 4.74 Å². The number of ether oxygens (including phenoxy) is 1. The average Bonchev–Trinajstić information content (AvgIpc) is 2.13. The molecule has 2 rings (SSSR count). The third kappa shape index (κ3) is 1.75. The van der Waals surface area contributed by atoms with Gasteiger partial charge < -0.3 is 10.1 Å². The molecule has 0 amide bonds. The molecule has 0 bridgehead atoms. The zero-order valence-electron chi connectivity index (χ0n) is 8.64. The summed E-state index contributed by atoms with van der Waals surface area (Å²) in [4.78, 5) is 0. The average molecular weight is 183 g/mol. The molecule has 1 N–H and O–H groups in total. The van der Waals surface area contributed by atoms with E-state index in [-0.39, 0.29) is 0 Å². The Morgan fingerprint density at radius 2 is 2.23 bits per heavy atom. The Hall–Kier alpha value is -0.0800. The summed E-state index contributed by atoms with van der Waals surface area (Å²) >= 11 is 0. The molecule has 2 fully saturated rings. The van der Waals surface area contributed by atoms with Crippen LogP contribution in [0.25, 0.3) is 0 Å². The van der Waals surface area contributed by atoms with E-state index in [0.717, 1.165) is 19.1 Å². The number of rotatable bonds is 3. The maximum Gasteiger partial charge on any atom is 0.0500 e. The van der Waals surface area contributed by atoms with Crippen molar-refractivity contribution in [3.05, 3.63) is 0 Å². The van der Waals surface area contributed by atoms with E-state index >= 15 is 0 Å². The maximum atomic E-state index is 5.58. The molecular weight excluding hydrogens is 162 g/mol. The van der Waals surface area contributed by atoms with Crippen molar-refractivity contribution >= 4 is 0 Å². The van der Waals surface area contributed by atoms with Gasteiger partial charge in [0, 0.05) is 19.8 Å². The predicted octanol–water partition coefficient (Wildman–Crippen LogP) is 1.80. The Balaban J connectivity index is 1.93. The monoisotopic (exact) mass is 183 g/mol. The molecule has 1 heterocycles. The van der Waals surface area contributed by atoms with E-state index in [1.165, 1.54) is 38.6 Å². The quantitative estimate of drug-likeness (QED) is 0.720. The van der Waals surface area contributed by atoms with E-state index < -0.39 is 0 Å². The number of nitrogens with one attached hydrogen (secondary N) is 1. The minimum absolute atomic E-state index is 0.606. The van der Waals surface area contributed by atoms with Crippen molar-refractivity contribution in [2.75, 3.05) is 26.8 Å². The van der Waals surface area contributed by atoms with E-state index in [1.807, 2.05) is 0 Å². The minimum Gasteiger partial charge on any atom is -0.381 e. The molecule has 1 aliphatic carbocycles. The summed E-state index contributed by atoms with van der Waals surface area (Å²) in [5.74, 6) is 0.836. The van der Waals surface area contributed by atoms with Crippen LogP contribution in [0.1, 0.15) is 32.1 Å². The van der Waals surface area contributed by atoms with Gasteiger partial charge in [-0.2, -0.15) is 0 Å². The van der Waals surface area contributed by atoms with E-state index in [4.69, 9.17) is 4.74 Å². The normalized spacial score (nSPS) is 32.5. The zero-order chi connectivity index (χ0) is 9.15. The highest BCUT2D eigenvalue weighted by Crippen LogP contribution is 2.49. The Bertz CT molecular complexity index is 159. The van der Waals surface area contributed by atoms with Crippen molar-refractivity contribution in [3.8, 4) is 0 Å². The molecule has 0 spiro atoms. The lowest BCUT2D eigenvalue weighted by molar-refractivity contribution is -0.0464. The van der Waals surface area contributed by atoms with Gasteiger partial charge in [-0.1, -0.05) is 6.42 Å². The summed E-state index contributed by atoms with van der Waals surface area (Å²) in [7, 11) is 2.07. The summed E-state index contributed by atoms with van der Waals surface area (Å²) in [5, 5.41) is 3.35.